The molecule has 2 aromatic heterocycles. The molecular formula is C16H19N4O. The summed E-state index contributed by atoms with van der Waals surface area (Å²) >= 11 is 0. The molecular weight excluding hydrogens is 264 g/mol. The van der Waals surface area contributed by atoms with Gasteiger partial charge in [0.25, 0.3) is 0 Å². The molecule has 1 saturated heterocycles. The maximum absolute atomic E-state index is 5.39. The molecule has 21 heavy (non-hydrogen) atoms. The van der Waals surface area contributed by atoms with Crippen molar-refractivity contribution in [3.8, 4) is 11.3 Å². The van der Waals surface area contributed by atoms with Crippen LogP contribution in [0.2, 0.25) is 0 Å². The Hall–Kier alpha value is -2.01. The second-order valence-corrected chi connectivity index (χ2v) is 5.24. The van der Waals surface area contributed by atoms with Crippen molar-refractivity contribution < 1.29 is 4.74 Å². The smallest absolute Gasteiger partial charge is 0.225 e. The van der Waals surface area contributed by atoms with Crippen molar-refractivity contribution in [2.24, 2.45) is 0 Å². The molecule has 109 valence electrons. The minimum atomic E-state index is 0.450. The fraction of sp³-hybridized carbons (Fsp3) is 0.375. The van der Waals surface area contributed by atoms with E-state index < -0.39 is 0 Å². The number of ether oxygens (including phenoxy) is 1. The van der Waals surface area contributed by atoms with E-state index in [4.69, 9.17) is 4.74 Å². The van der Waals surface area contributed by atoms with E-state index in [9.17, 15) is 0 Å². The van der Waals surface area contributed by atoms with Crippen molar-refractivity contribution >= 4 is 5.95 Å². The number of anilines is 1. The van der Waals surface area contributed by atoms with Crippen LogP contribution in [-0.4, -0.2) is 41.3 Å². The molecule has 0 amide bonds. The van der Waals surface area contributed by atoms with Gasteiger partial charge in [0.15, 0.2) is 0 Å². The normalized spacial score (nSPS) is 15.9. The largest absolute Gasteiger partial charge is 0.381 e. The first-order valence-electron chi connectivity index (χ1n) is 7.16. The maximum Gasteiger partial charge on any atom is 0.225 e. The summed E-state index contributed by atoms with van der Waals surface area (Å²) in [5.41, 5.74) is 2.50. The highest BCUT2D eigenvalue weighted by Crippen LogP contribution is 2.20. The molecule has 1 aliphatic rings. The molecule has 3 rings (SSSR count). The molecule has 0 aliphatic carbocycles. The Morgan fingerprint density at radius 2 is 1.90 bits per heavy atom. The van der Waals surface area contributed by atoms with Crippen molar-refractivity contribution in [1.82, 2.24) is 15.0 Å². The van der Waals surface area contributed by atoms with E-state index in [2.05, 4.69) is 26.8 Å². The van der Waals surface area contributed by atoms with Gasteiger partial charge in [-0.2, -0.15) is 0 Å². The second-order valence-electron chi connectivity index (χ2n) is 5.24. The fourth-order valence-electron chi connectivity index (χ4n) is 2.51. The molecule has 3 heterocycles. The maximum atomic E-state index is 5.39. The van der Waals surface area contributed by atoms with Gasteiger partial charge in [-0.1, -0.05) is 6.07 Å². The molecule has 1 fully saturated rings. The highest BCUT2D eigenvalue weighted by Gasteiger charge is 2.20. The van der Waals surface area contributed by atoms with Crippen LogP contribution in [0, 0.1) is 6.92 Å². The predicted molar refractivity (Wildman–Crippen MR) is 82.0 cm³/mol. The van der Waals surface area contributed by atoms with E-state index in [-0.39, 0.29) is 0 Å². The van der Waals surface area contributed by atoms with Crippen molar-refractivity contribution in [1.29, 1.82) is 0 Å². The molecule has 0 bridgehead atoms. The van der Waals surface area contributed by atoms with Crippen LogP contribution in [0.1, 0.15) is 18.5 Å². The molecule has 1 aliphatic heterocycles. The molecule has 0 saturated carbocycles. The monoisotopic (exact) mass is 283 g/mol. The number of nitrogens with zero attached hydrogens (tertiary/aromatic N) is 4. The Kier molecular flexibility index (Phi) is 4.10. The minimum Gasteiger partial charge on any atom is -0.381 e. The van der Waals surface area contributed by atoms with Crippen molar-refractivity contribution in [3.63, 3.8) is 0 Å². The molecule has 0 N–H and O–H groups in total. The number of pyridine rings is 1. The zero-order valence-electron chi connectivity index (χ0n) is 12.2. The third kappa shape index (κ3) is 3.19. The SMILES string of the molecule is [CH2]c1cccc(-c2cnc(N(C)C3CCOCC3)nc2)n1. The van der Waals surface area contributed by atoms with Crippen molar-refractivity contribution in [2.75, 3.05) is 25.2 Å². The number of hydrogen-bond donors (Lipinski definition) is 0. The molecule has 0 aromatic carbocycles. The predicted octanol–water partition coefficient (Wildman–Crippen LogP) is 2.34. The van der Waals surface area contributed by atoms with Gasteiger partial charge in [0.1, 0.15) is 0 Å². The Labute approximate surface area is 125 Å². The Morgan fingerprint density at radius 3 is 2.57 bits per heavy atom. The lowest BCUT2D eigenvalue weighted by atomic mass is 10.1. The summed E-state index contributed by atoms with van der Waals surface area (Å²) in [6, 6.07) is 6.20. The summed E-state index contributed by atoms with van der Waals surface area (Å²) in [6.45, 7) is 5.47. The third-order valence-electron chi connectivity index (χ3n) is 3.79. The van der Waals surface area contributed by atoms with Gasteiger partial charge in [-0.05, 0) is 31.9 Å². The van der Waals surface area contributed by atoms with Crippen LogP contribution in [0.3, 0.4) is 0 Å². The summed E-state index contributed by atoms with van der Waals surface area (Å²) < 4.78 is 5.39. The van der Waals surface area contributed by atoms with Crippen LogP contribution < -0.4 is 4.90 Å². The van der Waals surface area contributed by atoms with E-state index >= 15 is 0 Å². The van der Waals surface area contributed by atoms with E-state index in [0.717, 1.165) is 49.0 Å². The first-order valence-corrected chi connectivity index (χ1v) is 7.16. The van der Waals surface area contributed by atoms with Gasteiger partial charge in [-0.15, -0.1) is 0 Å². The molecule has 5 nitrogen and oxygen atoms in total. The molecule has 0 spiro atoms. The summed E-state index contributed by atoms with van der Waals surface area (Å²) in [7, 11) is 2.04. The van der Waals surface area contributed by atoms with Crippen LogP contribution in [0.5, 0.6) is 0 Å². The van der Waals surface area contributed by atoms with E-state index in [0.29, 0.717) is 6.04 Å². The molecule has 5 heteroatoms. The highest BCUT2D eigenvalue weighted by molar-refractivity contribution is 5.57. The van der Waals surface area contributed by atoms with Crippen molar-refractivity contribution in [2.45, 2.75) is 18.9 Å². The lowest BCUT2D eigenvalue weighted by molar-refractivity contribution is 0.0852. The van der Waals surface area contributed by atoms with E-state index in [1.165, 1.54) is 0 Å². The van der Waals surface area contributed by atoms with Crippen LogP contribution in [0.15, 0.2) is 30.6 Å². The van der Waals surface area contributed by atoms with E-state index in [1.807, 2.05) is 37.6 Å². The zero-order valence-corrected chi connectivity index (χ0v) is 12.2. The van der Waals surface area contributed by atoms with Gasteiger partial charge in [0.2, 0.25) is 5.95 Å². The first-order chi connectivity index (χ1) is 10.2. The van der Waals surface area contributed by atoms with Gasteiger partial charge < -0.3 is 9.64 Å². The highest BCUT2D eigenvalue weighted by atomic mass is 16.5. The lowest BCUT2D eigenvalue weighted by Crippen LogP contribution is -2.37. The van der Waals surface area contributed by atoms with Gasteiger partial charge >= 0.3 is 0 Å². The zero-order chi connectivity index (χ0) is 14.7. The van der Waals surface area contributed by atoms with E-state index in [1.54, 1.807) is 0 Å². The molecule has 0 unspecified atom stereocenters. The summed E-state index contributed by atoms with van der Waals surface area (Å²) in [6.07, 6.45) is 5.68. The number of hydrogen-bond acceptors (Lipinski definition) is 5. The molecule has 1 radical (unpaired) electrons. The fourth-order valence-corrected chi connectivity index (χ4v) is 2.51. The third-order valence-corrected chi connectivity index (χ3v) is 3.79. The van der Waals surface area contributed by atoms with Crippen LogP contribution in [0.4, 0.5) is 5.95 Å². The van der Waals surface area contributed by atoms with Crippen molar-refractivity contribution in [3.05, 3.63) is 43.2 Å². The van der Waals surface area contributed by atoms with Gasteiger partial charge in [0.05, 0.1) is 5.69 Å². The molecule has 2 aromatic rings. The van der Waals surface area contributed by atoms with Crippen LogP contribution in [-0.2, 0) is 4.74 Å². The average molecular weight is 283 g/mol. The number of rotatable bonds is 3. The van der Waals surface area contributed by atoms with Gasteiger partial charge in [-0.25, -0.2) is 9.97 Å². The van der Waals surface area contributed by atoms with Gasteiger partial charge in [-0.3, -0.25) is 4.98 Å². The summed E-state index contributed by atoms with van der Waals surface area (Å²) in [4.78, 5) is 15.5. The second kappa shape index (κ2) is 6.18. The Balaban J connectivity index is 1.77. The standard InChI is InChI=1S/C16H19N4O/c1-12-4-3-5-15(19-12)13-10-17-16(18-11-13)20(2)14-6-8-21-9-7-14/h3-5,10-11,14H,1,6-9H2,2H3. The molecule has 0 atom stereocenters. The first kappa shape index (κ1) is 13.9. The Bertz CT molecular complexity index is 593. The number of aromatic nitrogens is 3. The van der Waals surface area contributed by atoms with Gasteiger partial charge in [0, 0.05) is 50.0 Å². The topological polar surface area (TPSA) is 51.1 Å². The summed E-state index contributed by atoms with van der Waals surface area (Å²) in [5, 5.41) is 0. The lowest BCUT2D eigenvalue weighted by Gasteiger charge is -2.31. The average Bonchev–Trinajstić information content (AvgIpc) is 2.55. The minimum absolute atomic E-state index is 0.450. The van der Waals surface area contributed by atoms with Crippen LogP contribution in [0.25, 0.3) is 11.3 Å². The Morgan fingerprint density at radius 1 is 1.19 bits per heavy atom. The van der Waals surface area contributed by atoms with Crippen LogP contribution >= 0.6 is 0 Å². The quantitative estimate of drug-likeness (QED) is 0.865. The summed E-state index contributed by atoms with van der Waals surface area (Å²) in [5.74, 6) is 0.747.